The van der Waals surface area contributed by atoms with Gasteiger partial charge in [0.2, 0.25) is 15.9 Å². The van der Waals surface area contributed by atoms with E-state index in [1.807, 2.05) is 0 Å². The minimum atomic E-state index is -4.48. The fourth-order valence-corrected chi connectivity index (χ4v) is 5.61. The summed E-state index contributed by atoms with van der Waals surface area (Å²) in [6.45, 7) is 4.23. The minimum Gasteiger partial charge on any atom is -0.479 e. The Bertz CT molecular complexity index is 1470. The second kappa shape index (κ2) is 12.7. The molecule has 0 saturated carbocycles. The first-order valence-corrected chi connectivity index (χ1v) is 14.0. The number of ether oxygens (including phenoxy) is 1. The van der Waals surface area contributed by atoms with Crippen molar-refractivity contribution in [2.45, 2.75) is 43.2 Å². The first-order valence-electron chi connectivity index (χ1n) is 12.5. The summed E-state index contributed by atoms with van der Waals surface area (Å²) in [5.74, 6) is -3.66. The van der Waals surface area contributed by atoms with Gasteiger partial charge in [-0.3, -0.25) is 4.79 Å². The maximum absolute atomic E-state index is 13.5. The summed E-state index contributed by atoms with van der Waals surface area (Å²) in [6.07, 6.45) is 2.15. The molecule has 1 amide bonds. The highest BCUT2D eigenvalue weighted by Crippen LogP contribution is 2.31. The second-order valence-electron chi connectivity index (χ2n) is 9.37. The normalized spacial score (nSPS) is 14.6. The number of esters is 1. The SMILES string of the molecule is CCOC(=O)[C@@](C)(NS(=O)(=O)c1ccc(C)cc1)C(Cc1ccccc1)(NC(=O)/C=C/c1ccccc1)C(=O)O. The van der Waals surface area contributed by atoms with Gasteiger partial charge >= 0.3 is 11.9 Å². The Kier molecular flexibility index (Phi) is 9.62. The fourth-order valence-electron chi connectivity index (χ4n) is 4.20. The van der Waals surface area contributed by atoms with E-state index in [0.717, 1.165) is 18.6 Å². The largest absolute Gasteiger partial charge is 0.479 e. The van der Waals surface area contributed by atoms with Crippen LogP contribution in [0.3, 0.4) is 0 Å². The van der Waals surface area contributed by atoms with Gasteiger partial charge in [0.25, 0.3) is 0 Å². The number of carboxylic acid groups (broad SMARTS) is 1. The van der Waals surface area contributed by atoms with Crippen molar-refractivity contribution in [2.24, 2.45) is 0 Å². The number of aliphatic carboxylic acids is 1. The molecule has 0 aromatic heterocycles. The van der Waals surface area contributed by atoms with Crippen LogP contribution in [0, 0.1) is 6.92 Å². The zero-order chi connectivity index (χ0) is 29.4. The van der Waals surface area contributed by atoms with Crippen LogP contribution in [-0.4, -0.2) is 49.1 Å². The highest BCUT2D eigenvalue weighted by Gasteiger charge is 2.62. The van der Waals surface area contributed by atoms with E-state index in [0.29, 0.717) is 11.1 Å². The predicted octanol–water partition coefficient (Wildman–Crippen LogP) is 3.49. The third-order valence-corrected chi connectivity index (χ3v) is 8.02. The Balaban J connectivity index is 2.19. The van der Waals surface area contributed by atoms with E-state index in [1.54, 1.807) is 79.7 Å². The van der Waals surface area contributed by atoms with Gasteiger partial charge in [-0.05, 0) is 50.1 Å². The number of carbonyl (C=O) groups excluding carboxylic acids is 2. The van der Waals surface area contributed by atoms with Crippen molar-refractivity contribution in [3.63, 3.8) is 0 Å². The lowest BCUT2D eigenvalue weighted by molar-refractivity contribution is -0.164. The minimum absolute atomic E-state index is 0.163. The predicted molar refractivity (Wildman–Crippen MR) is 151 cm³/mol. The Hall–Kier alpha value is -4.28. The maximum atomic E-state index is 13.5. The van der Waals surface area contributed by atoms with Crippen LogP contribution in [0.5, 0.6) is 0 Å². The molecule has 210 valence electrons. The standard InChI is InChI=1S/C30H32N2O7S/c1-4-39-28(36)29(3,32-40(37,38)25-18-15-22(2)16-19-25)30(27(34)35,21-24-13-9-6-10-14-24)31-26(33)20-17-23-11-7-5-8-12-23/h5-20,32H,4,21H2,1-3H3,(H,31,33)(H,34,35)/b20-17+/t29-,30?/m1/s1. The number of sulfonamides is 1. The summed E-state index contributed by atoms with van der Waals surface area (Å²) in [7, 11) is -4.48. The topological polar surface area (TPSA) is 139 Å². The third kappa shape index (κ3) is 6.83. The first-order chi connectivity index (χ1) is 18.9. The molecule has 0 radical (unpaired) electrons. The molecule has 3 N–H and O–H groups in total. The number of carboxylic acids is 1. The summed E-state index contributed by atoms with van der Waals surface area (Å²) in [5.41, 5.74) is -3.10. The van der Waals surface area contributed by atoms with Crippen molar-refractivity contribution in [2.75, 3.05) is 6.61 Å². The number of rotatable bonds is 12. The molecule has 3 rings (SSSR count). The van der Waals surface area contributed by atoms with Gasteiger partial charge in [-0.1, -0.05) is 78.4 Å². The summed E-state index contributed by atoms with van der Waals surface area (Å²) < 4.78 is 34.6. The Morgan fingerprint density at radius 2 is 1.50 bits per heavy atom. The number of nitrogens with one attached hydrogen (secondary N) is 2. The molecule has 40 heavy (non-hydrogen) atoms. The van der Waals surface area contributed by atoms with Crippen molar-refractivity contribution in [1.29, 1.82) is 0 Å². The zero-order valence-electron chi connectivity index (χ0n) is 22.5. The molecular formula is C30H32N2O7S. The highest BCUT2D eigenvalue weighted by atomic mass is 32.2. The molecule has 0 bridgehead atoms. The van der Waals surface area contributed by atoms with E-state index in [2.05, 4.69) is 10.0 Å². The van der Waals surface area contributed by atoms with Crippen LogP contribution in [-0.2, 0) is 35.6 Å². The smallest absolute Gasteiger partial charge is 0.332 e. The fraction of sp³-hybridized carbons (Fsp3) is 0.233. The lowest BCUT2D eigenvalue weighted by atomic mass is 9.74. The average Bonchev–Trinajstić information content (AvgIpc) is 2.92. The molecule has 10 heteroatoms. The average molecular weight is 565 g/mol. The van der Waals surface area contributed by atoms with Gasteiger partial charge in [0.1, 0.15) is 0 Å². The summed E-state index contributed by atoms with van der Waals surface area (Å²) >= 11 is 0. The molecule has 0 aliphatic heterocycles. The first kappa shape index (κ1) is 30.3. The third-order valence-electron chi connectivity index (χ3n) is 6.45. The highest BCUT2D eigenvalue weighted by molar-refractivity contribution is 7.89. The van der Waals surface area contributed by atoms with Crippen LogP contribution in [0.1, 0.15) is 30.5 Å². The van der Waals surface area contributed by atoms with Gasteiger partial charge in [-0.2, -0.15) is 4.72 Å². The van der Waals surface area contributed by atoms with E-state index < -0.39 is 45.4 Å². The van der Waals surface area contributed by atoms with Gasteiger partial charge in [-0.15, -0.1) is 0 Å². The van der Waals surface area contributed by atoms with E-state index in [1.165, 1.54) is 25.1 Å². The molecule has 0 aliphatic carbocycles. The zero-order valence-corrected chi connectivity index (χ0v) is 23.3. The van der Waals surface area contributed by atoms with Gasteiger partial charge in [0, 0.05) is 12.5 Å². The van der Waals surface area contributed by atoms with E-state index in [-0.39, 0.29) is 11.5 Å². The molecule has 0 saturated heterocycles. The van der Waals surface area contributed by atoms with Gasteiger partial charge < -0.3 is 15.2 Å². The number of aryl methyl sites for hydroxylation is 1. The second-order valence-corrected chi connectivity index (χ2v) is 11.1. The van der Waals surface area contributed by atoms with Crippen LogP contribution in [0.2, 0.25) is 0 Å². The van der Waals surface area contributed by atoms with Crippen molar-refractivity contribution in [1.82, 2.24) is 10.0 Å². The molecule has 0 fully saturated rings. The Morgan fingerprint density at radius 1 is 0.925 bits per heavy atom. The lowest BCUT2D eigenvalue weighted by Crippen LogP contribution is -2.77. The van der Waals surface area contributed by atoms with Crippen molar-refractivity contribution >= 4 is 33.9 Å². The number of amides is 1. The number of carbonyl (C=O) groups is 3. The number of benzene rings is 3. The van der Waals surface area contributed by atoms with E-state index >= 15 is 0 Å². The lowest BCUT2D eigenvalue weighted by Gasteiger charge is -2.44. The van der Waals surface area contributed by atoms with Gasteiger partial charge in [0.15, 0.2) is 11.1 Å². The Labute approximate surface area is 233 Å². The van der Waals surface area contributed by atoms with E-state index in [9.17, 15) is 27.9 Å². The molecular weight excluding hydrogens is 532 g/mol. The van der Waals surface area contributed by atoms with Crippen LogP contribution in [0.4, 0.5) is 0 Å². The molecule has 2 atom stereocenters. The van der Waals surface area contributed by atoms with Gasteiger partial charge in [0.05, 0.1) is 11.5 Å². The quantitative estimate of drug-likeness (QED) is 0.226. The van der Waals surface area contributed by atoms with Gasteiger partial charge in [-0.25, -0.2) is 18.0 Å². The monoisotopic (exact) mass is 564 g/mol. The van der Waals surface area contributed by atoms with Crippen molar-refractivity contribution in [3.05, 3.63) is 108 Å². The van der Waals surface area contributed by atoms with Crippen LogP contribution in [0.15, 0.2) is 95.9 Å². The maximum Gasteiger partial charge on any atom is 0.332 e. The molecule has 9 nitrogen and oxygen atoms in total. The van der Waals surface area contributed by atoms with E-state index in [4.69, 9.17) is 4.74 Å². The summed E-state index contributed by atoms with van der Waals surface area (Å²) in [6, 6.07) is 22.9. The molecule has 0 aliphatic rings. The van der Waals surface area contributed by atoms with Crippen molar-refractivity contribution in [3.8, 4) is 0 Å². The van der Waals surface area contributed by atoms with Crippen LogP contribution in [0.25, 0.3) is 6.08 Å². The number of hydrogen-bond donors (Lipinski definition) is 3. The van der Waals surface area contributed by atoms with Crippen LogP contribution < -0.4 is 10.0 Å². The molecule has 1 unspecified atom stereocenters. The summed E-state index contributed by atoms with van der Waals surface area (Å²) in [5, 5.41) is 13.2. The molecule has 0 heterocycles. The van der Waals surface area contributed by atoms with Crippen LogP contribution >= 0.6 is 0 Å². The molecule has 3 aromatic carbocycles. The molecule has 0 spiro atoms. The number of hydrogen-bond acceptors (Lipinski definition) is 6. The Morgan fingerprint density at radius 3 is 2.05 bits per heavy atom. The van der Waals surface area contributed by atoms with Crippen molar-refractivity contribution < 1.29 is 32.6 Å². The molecule has 3 aromatic rings. The summed E-state index contributed by atoms with van der Waals surface area (Å²) in [4.78, 5) is 39.8.